The molecular formula is C17H18FNO2S. The summed E-state index contributed by atoms with van der Waals surface area (Å²) in [5.74, 6) is -0.471. The van der Waals surface area contributed by atoms with Crippen molar-refractivity contribution in [1.82, 2.24) is 0 Å². The molecule has 0 radical (unpaired) electrons. The molecule has 0 bridgehead atoms. The van der Waals surface area contributed by atoms with E-state index in [1.165, 1.54) is 22.5 Å². The fraction of sp³-hybridized carbons (Fsp3) is 0.176. The van der Waals surface area contributed by atoms with E-state index in [-0.39, 0.29) is 11.4 Å². The number of nitrogens with zero attached hydrogens (tertiary/aromatic N) is 1. The zero-order valence-electron chi connectivity index (χ0n) is 12.6. The van der Waals surface area contributed by atoms with E-state index >= 15 is 0 Å². The third-order valence-corrected chi connectivity index (χ3v) is 5.34. The summed E-state index contributed by atoms with van der Waals surface area (Å²) in [7, 11) is -3.78. The van der Waals surface area contributed by atoms with Gasteiger partial charge in [-0.25, -0.2) is 12.8 Å². The highest BCUT2D eigenvalue weighted by molar-refractivity contribution is 7.92. The average molecular weight is 319 g/mol. The summed E-state index contributed by atoms with van der Waals surface area (Å²) in [5.41, 5.74) is 2.49. The smallest absolute Gasteiger partial charge is 0.262 e. The Morgan fingerprint density at radius 3 is 2.36 bits per heavy atom. The van der Waals surface area contributed by atoms with Crippen LogP contribution in [-0.2, 0) is 10.0 Å². The van der Waals surface area contributed by atoms with Crippen LogP contribution < -0.4 is 4.31 Å². The van der Waals surface area contributed by atoms with E-state index in [1.54, 1.807) is 6.07 Å². The van der Waals surface area contributed by atoms with E-state index in [9.17, 15) is 12.8 Å². The Hall–Kier alpha value is -2.14. The van der Waals surface area contributed by atoms with Gasteiger partial charge in [0.1, 0.15) is 5.82 Å². The van der Waals surface area contributed by atoms with Crippen molar-refractivity contribution in [2.24, 2.45) is 0 Å². The molecule has 5 heteroatoms. The maximum absolute atomic E-state index is 13.0. The molecule has 2 rings (SSSR count). The Bertz CT molecular complexity index is 783. The van der Waals surface area contributed by atoms with E-state index in [1.807, 2.05) is 26.0 Å². The quantitative estimate of drug-likeness (QED) is 0.786. The molecule has 0 spiro atoms. The minimum atomic E-state index is -3.78. The summed E-state index contributed by atoms with van der Waals surface area (Å²) >= 11 is 0. The van der Waals surface area contributed by atoms with Gasteiger partial charge >= 0.3 is 0 Å². The molecule has 0 saturated carbocycles. The molecule has 0 aliphatic heterocycles. The number of halogens is 1. The van der Waals surface area contributed by atoms with Gasteiger partial charge in [0, 0.05) is 0 Å². The van der Waals surface area contributed by atoms with Crippen LogP contribution >= 0.6 is 0 Å². The topological polar surface area (TPSA) is 37.4 Å². The van der Waals surface area contributed by atoms with E-state index in [4.69, 9.17) is 0 Å². The van der Waals surface area contributed by atoms with Crippen molar-refractivity contribution in [1.29, 1.82) is 0 Å². The fourth-order valence-electron chi connectivity index (χ4n) is 2.18. The SMILES string of the molecule is C=CCN(c1cccc(C)c1C)S(=O)(=O)c1ccc(F)cc1. The molecule has 2 aromatic carbocycles. The van der Waals surface area contributed by atoms with Gasteiger partial charge < -0.3 is 0 Å². The van der Waals surface area contributed by atoms with Gasteiger partial charge in [-0.15, -0.1) is 6.58 Å². The lowest BCUT2D eigenvalue weighted by atomic mass is 10.1. The first-order chi connectivity index (χ1) is 10.4. The highest BCUT2D eigenvalue weighted by atomic mass is 32.2. The first-order valence-electron chi connectivity index (χ1n) is 6.83. The number of sulfonamides is 1. The molecule has 116 valence electrons. The van der Waals surface area contributed by atoms with Crippen molar-refractivity contribution < 1.29 is 12.8 Å². The molecule has 0 fully saturated rings. The summed E-state index contributed by atoms with van der Waals surface area (Å²) in [4.78, 5) is 0.0525. The summed E-state index contributed by atoms with van der Waals surface area (Å²) in [5, 5.41) is 0. The molecule has 0 N–H and O–H groups in total. The van der Waals surface area contributed by atoms with Crippen molar-refractivity contribution in [3.63, 3.8) is 0 Å². The van der Waals surface area contributed by atoms with Crippen LogP contribution in [-0.4, -0.2) is 15.0 Å². The molecule has 0 aromatic heterocycles. The van der Waals surface area contributed by atoms with Crippen molar-refractivity contribution in [2.45, 2.75) is 18.7 Å². The minimum Gasteiger partial charge on any atom is -0.262 e. The molecule has 22 heavy (non-hydrogen) atoms. The number of rotatable bonds is 5. The summed E-state index contributed by atoms with van der Waals surface area (Å²) in [6, 6.07) is 10.3. The van der Waals surface area contributed by atoms with E-state index in [0.29, 0.717) is 5.69 Å². The highest BCUT2D eigenvalue weighted by Crippen LogP contribution is 2.28. The van der Waals surface area contributed by atoms with Gasteiger partial charge in [-0.1, -0.05) is 18.2 Å². The zero-order valence-corrected chi connectivity index (χ0v) is 13.4. The average Bonchev–Trinajstić information content (AvgIpc) is 2.48. The van der Waals surface area contributed by atoms with Gasteiger partial charge in [0.05, 0.1) is 17.1 Å². The lowest BCUT2D eigenvalue weighted by Gasteiger charge is -2.25. The van der Waals surface area contributed by atoms with Gasteiger partial charge in [-0.3, -0.25) is 4.31 Å². The number of hydrogen-bond donors (Lipinski definition) is 0. The molecule has 0 aliphatic carbocycles. The van der Waals surface area contributed by atoms with Crippen LogP contribution in [0.4, 0.5) is 10.1 Å². The fourth-order valence-corrected chi connectivity index (χ4v) is 3.68. The second kappa shape index (κ2) is 6.32. The molecule has 0 heterocycles. The van der Waals surface area contributed by atoms with Crippen LogP contribution in [0, 0.1) is 19.7 Å². The Kier molecular flexibility index (Phi) is 4.66. The van der Waals surface area contributed by atoms with E-state index in [2.05, 4.69) is 6.58 Å². The standard InChI is InChI=1S/C17H18FNO2S/c1-4-12-19(17-7-5-6-13(2)14(17)3)22(20,21)16-10-8-15(18)9-11-16/h4-11H,1,12H2,2-3H3. The predicted octanol–water partition coefficient (Wildman–Crippen LogP) is 3.82. The third kappa shape index (κ3) is 3.04. The van der Waals surface area contributed by atoms with Gasteiger partial charge in [0.25, 0.3) is 10.0 Å². The van der Waals surface area contributed by atoms with Crippen molar-refractivity contribution in [3.8, 4) is 0 Å². The van der Waals surface area contributed by atoms with Crippen LogP contribution in [0.1, 0.15) is 11.1 Å². The molecule has 2 aromatic rings. The Morgan fingerprint density at radius 2 is 1.77 bits per heavy atom. The molecule has 3 nitrogen and oxygen atoms in total. The Labute approximate surface area is 130 Å². The summed E-state index contributed by atoms with van der Waals surface area (Å²) in [6.45, 7) is 7.58. The maximum Gasteiger partial charge on any atom is 0.264 e. The molecule has 0 amide bonds. The summed E-state index contributed by atoms with van der Waals surface area (Å²) in [6.07, 6.45) is 1.53. The third-order valence-electron chi connectivity index (χ3n) is 3.54. The highest BCUT2D eigenvalue weighted by Gasteiger charge is 2.25. The molecule has 0 saturated heterocycles. The first kappa shape index (κ1) is 16.2. The second-order valence-corrected chi connectivity index (χ2v) is 6.86. The van der Waals surface area contributed by atoms with Gasteiger partial charge in [-0.2, -0.15) is 0 Å². The van der Waals surface area contributed by atoms with Gasteiger partial charge in [0.2, 0.25) is 0 Å². The van der Waals surface area contributed by atoms with E-state index < -0.39 is 15.8 Å². The Balaban J connectivity index is 2.58. The van der Waals surface area contributed by atoms with Crippen LogP contribution in [0.3, 0.4) is 0 Å². The second-order valence-electron chi connectivity index (χ2n) is 5.00. The number of benzene rings is 2. The number of aryl methyl sites for hydroxylation is 1. The van der Waals surface area contributed by atoms with Crippen LogP contribution in [0.5, 0.6) is 0 Å². The van der Waals surface area contributed by atoms with Crippen LogP contribution in [0.2, 0.25) is 0 Å². The molecule has 0 unspecified atom stereocenters. The predicted molar refractivity (Wildman–Crippen MR) is 87.0 cm³/mol. The van der Waals surface area contributed by atoms with Crippen molar-refractivity contribution >= 4 is 15.7 Å². The molecular weight excluding hydrogens is 301 g/mol. The van der Waals surface area contributed by atoms with Gasteiger partial charge in [-0.05, 0) is 55.3 Å². The zero-order chi connectivity index (χ0) is 16.3. The molecule has 0 aliphatic rings. The number of anilines is 1. The normalized spacial score (nSPS) is 11.2. The number of hydrogen-bond acceptors (Lipinski definition) is 2. The maximum atomic E-state index is 13.0. The van der Waals surface area contributed by atoms with Gasteiger partial charge in [0.15, 0.2) is 0 Å². The first-order valence-corrected chi connectivity index (χ1v) is 8.27. The molecule has 0 atom stereocenters. The monoisotopic (exact) mass is 319 g/mol. The summed E-state index contributed by atoms with van der Waals surface area (Å²) < 4.78 is 40.0. The Morgan fingerprint density at radius 1 is 1.14 bits per heavy atom. The van der Waals surface area contributed by atoms with Crippen LogP contribution in [0.25, 0.3) is 0 Å². The van der Waals surface area contributed by atoms with Crippen molar-refractivity contribution in [2.75, 3.05) is 10.8 Å². The minimum absolute atomic E-state index is 0.0525. The largest absolute Gasteiger partial charge is 0.264 e. The lowest BCUT2D eigenvalue weighted by Crippen LogP contribution is -2.31. The van der Waals surface area contributed by atoms with Crippen molar-refractivity contribution in [3.05, 3.63) is 72.1 Å². The van der Waals surface area contributed by atoms with E-state index in [0.717, 1.165) is 23.3 Å². The van der Waals surface area contributed by atoms with Crippen LogP contribution in [0.15, 0.2) is 60.0 Å². The lowest BCUT2D eigenvalue weighted by molar-refractivity contribution is 0.591.